The van der Waals surface area contributed by atoms with Crippen molar-refractivity contribution in [1.82, 2.24) is 4.98 Å². The molecule has 1 N–H and O–H groups in total. The first-order chi connectivity index (χ1) is 10.0. The van der Waals surface area contributed by atoms with Crippen LogP contribution in [0.15, 0.2) is 30.5 Å². The Kier molecular flexibility index (Phi) is 5.15. The highest BCUT2D eigenvalue weighted by molar-refractivity contribution is 6.35. The summed E-state index contributed by atoms with van der Waals surface area (Å²) in [6.07, 6.45) is 1.72. The third-order valence-electron chi connectivity index (χ3n) is 3.04. The molecule has 1 aromatic heterocycles. The van der Waals surface area contributed by atoms with Gasteiger partial charge in [0.25, 0.3) is 0 Å². The zero-order valence-electron chi connectivity index (χ0n) is 12.2. The molecule has 0 spiro atoms. The molecule has 1 aromatic carbocycles. The molecule has 112 valence electrons. The number of nitrogens with one attached hydrogen (secondary N) is 1. The normalized spacial score (nSPS) is 10.3. The molecule has 21 heavy (non-hydrogen) atoms. The number of pyridine rings is 1. The number of nitrogens with zero attached hydrogens (tertiary/aromatic N) is 2. The van der Waals surface area contributed by atoms with E-state index >= 15 is 0 Å². The van der Waals surface area contributed by atoms with Crippen LogP contribution in [-0.4, -0.2) is 26.2 Å². The van der Waals surface area contributed by atoms with Crippen LogP contribution in [0.5, 0.6) is 5.88 Å². The fourth-order valence-electron chi connectivity index (χ4n) is 1.98. The second-order valence-electron chi connectivity index (χ2n) is 4.70. The van der Waals surface area contributed by atoms with E-state index in [4.69, 9.17) is 27.9 Å². The largest absolute Gasteiger partial charge is 0.479 e. The molecule has 4 nitrogen and oxygen atoms in total. The highest BCUT2D eigenvalue weighted by Gasteiger charge is 2.12. The number of aromatic nitrogens is 1. The Morgan fingerprint density at radius 1 is 1.24 bits per heavy atom. The summed E-state index contributed by atoms with van der Waals surface area (Å²) in [5.41, 5.74) is 2.78. The van der Waals surface area contributed by atoms with Crippen molar-refractivity contribution in [3.05, 3.63) is 46.1 Å². The fraction of sp³-hybridized carbons (Fsp3) is 0.267. The lowest BCUT2D eigenvalue weighted by molar-refractivity contribution is 0.400. The molecule has 0 saturated heterocycles. The van der Waals surface area contributed by atoms with Gasteiger partial charge in [-0.05, 0) is 23.8 Å². The number of anilines is 2. The lowest BCUT2D eigenvalue weighted by atomic mass is 10.2. The second-order valence-corrected chi connectivity index (χ2v) is 5.54. The molecule has 6 heteroatoms. The van der Waals surface area contributed by atoms with Gasteiger partial charge in [0, 0.05) is 36.9 Å². The van der Waals surface area contributed by atoms with Gasteiger partial charge in [0.15, 0.2) is 0 Å². The van der Waals surface area contributed by atoms with Crippen LogP contribution in [0.4, 0.5) is 11.4 Å². The van der Waals surface area contributed by atoms with Crippen molar-refractivity contribution in [2.45, 2.75) is 6.54 Å². The third kappa shape index (κ3) is 3.71. The zero-order valence-corrected chi connectivity index (χ0v) is 13.7. The standard InChI is InChI=1S/C15H17Cl2N3O/c1-20(2)13-6-7-18-15(21-3)14(13)19-9-10-4-5-11(16)8-12(10)17/h4-8,19H,9H2,1-3H3. The summed E-state index contributed by atoms with van der Waals surface area (Å²) in [4.78, 5) is 6.22. The van der Waals surface area contributed by atoms with Gasteiger partial charge in [-0.2, -0.15) is 0 Å². The van der Waals surface area contributed by atoms with Crippen LogP contribution >= 0.6 is 23.2 Å². The Morgan fingerprint density at radius 2 is 2.00 bits per heavy atom. The van der Waals surface area contributed by atoms with Gasteiger partial charge in [0.05, 0.1) is 12.8 Å². The molecule has 0 amide bonds. The molecule has 0 radical (unpaired) electrons. The molecular weight excluding hydrogens is 309 g/mol. The average molecular weight is 326 g/mol. The maximum atomic E-state index is 6.19. The first-order valence-electron chi connectivity index (χ1n) is 6.41. The minimum atomic E-state index is 0.547. The van der Waals surface area contributed by atoms with Crippen LogP contribution in [0.2, 0.25) is 10.0 Å². The van der Waals surface area contributed by atoms with Crippen molar-refractivity contribution >= 4 is 34.6 Å². The number of rotatable bonds is 5. The molecule has 0 atom stereocenters. The van der Waals surface area contributed by atoms with Gasteiger partial charge in [0.2, 0.25) is 5.88 Å². The monoisotopic (exact) mass is 325 g/mol. The highest BCUT2D eigenvalue weighted by Crippen LogP contribution is 2.33. The molecule has 1 heterocycles. The van der Waals surface area contributed by atoms with Crippen LogP contribution in [0, 0.1) is 0 Å². The van der Waals surface area contributed by atoms with Crippen molar-refractivity contribution in [3.8, 4) is 5.88 Å². The summed E-state index contributed by atoms with van der Waals surface area (Å²) >= 11 is 12.1. The van der Waals surface area contributed by atoms with Crippen molar-refractivity contribution in [3.63, 3.8) is 0 Å². The van der Waals surface area contributed by atoms with E-state index in [1.165, 1.54) is 0 Å². The molecule has 0 aliphatic rings. The Morgan fingerprint density at radius 3 is 2.62 bits per heavy atom. The zero-order chi connectivity index (χ0) is 15.4. The third-order valence-corrected chi connectivity index (χ3v) is 3.63. The van der Waals surface area contributed by atoms with Crippen LogP contribution in [-0.2, 0) is 6.54 Å². The van der Waals surface area contributed by atoms with Gasteiger partial charge in [0.1, 0.15) is 5.69 Å². The van der Waals surface area contributed by atoms with Gasteiger partial charge in [-0.1, -0.05) is 29.3 Å². The van der Waals surface area contributed by atoms with Crippen LogP contribution < -0.4 is 15.0 Å². The summed E-state index contributed by atoms with van der Waals surface area (Å²) in [6, 6.07) is 7.37. The van der Waals surface area contributed by atoms with Crippen molar-refractivity contribution < 1.29 is 4.74 Å². The highest BCUT2D eigenvalue weighted by atomic mass is 35.5. The number of benzene rings is 1. The van der Waals surface area contributed by atoms with Gasteiger partial charge < -0.3 is 15.0 Å². The molecule has 0 aliphatic carbocycles. The second kappa shape index (κ2) is 6.87. The van der Waals surface area contributed by atoms with E-state index in [2.05, 4.69) is 10.3 Å². The predicted molar refractivity (Wildman–Crippen MR) is 88.9 cm³/mol. The molecule has 0 aliphatic heterocycles. The SMILES string of the molecule is COc1nccc(N(C)C)c1NCc1ccc(Cl)cc1Cl. The maximum Gasteiger partial charge on any atom is 0.239 e. The number of hydrogen-bond donors (Lipinski definition) is 1. The molecule has 0 saturated carbocycles. The maximum absolute atomic E-state index is 6.19. The summed E-state index contributed by atoms with van der Waals surface area (Å²) in [5.74, 6) is 0.547. The van der Waals surface area contributed by atoms with Crippen LogP contribution in [0.25, 0.3) is 0 Å². The fourth-order valence-corrected chi connectivity index (χ4v) is 2.45. The molecule has 0 unspecified atom stereocenters. The Balaban J connectivity index is 2.26. The molecular formula is C15H17Cl2N3O. The van der Waals surface area contributed by atoms with E-state index in [1.807, 2.05) is 37.2 Å². The smallest absolute Gasteiger partial charge is 0.239 e. The Hall–Kier alpha value is -1.65. The van der Waals surface area contributed by atoms with Crippen LogP contribution in [0.1, 0.15) is 5.56 Å². The number of methoxy groups -OCH3 is 1. The summed E-state index contributed by atoms with van der Waals surface area (Å²) < 4.78 is 5.32. The van der Waals surface area contributed by atoms with E-state index in [1.54, 1.807) is 19.4 Å². The van der Waals surface area contributed by atoms with Gasteiger partial charge in [-0.3, -0.25) is 0 Å². The first-order valence-corrected chi connectivity index (χ1v) is 7.16. The van der Waals surface area contributed by atoms with Gasteiger partial charge >= 0.3 is 0 Å². The number of halogens is 2. The number of hydrogen-bond acceptors (Lipinski definition) is 4. The average Bonchev–Trinajstić information content (AvgIpc) is 2.45. The van der Waals surface area contributed by atoms with E-state index in [-0.39, 0.29) is 0 Å². The van der Waals surface area contributed by atoms with Gasteiger partial charge in [-0.15, -0.1) is 0 Å². The quantitative estimate of drug-likeness (QED) is 0.898. The summed E-state index contributed by atoms with van der Waals surface area (Å²) in [5, 5.41) is 4.58. The van der Waals surface area contributed by atoms with Crippen molar-refractivity contribution in [2.75, 3.05) is 31.4 Å². The Labute approximate surface area is 134 Å². The molecule has 0 bridgehead atoms. The topological polar surface area (TPSA) is 37.4 Å². The van der Waals surface area contributed by atoms with Crippen LogP contribution in [0.3, 0.4) is 0 Å². The van der Waals surface area contributed by atoms with Crippen molar-refractivity contribution in [1.29, 1.82) is 0 Å². The Bertz CT molecular complexity index is 632. The molecule has 2 aromatic rings. The van der Waals surface area contributed by atoms with E-state index < -0.39 is 0 Å². The van der Waals surface area contributed by atoms with E-state index in [0.29, 0.717) is 22.5 Å². The summed E-state index contributed by atoms with van der Waals surface area (Å²) in [6.45, 7) is 0.554. The lowest BCUT2D eigenvalue weighted by Crippen LogP contribution is -2.13. The summed E-state index contributed by atoms with van der Waals surface area (Å²) in [7, 11) is 5.53. The predicted octanol–water partition coefficient (Wildman–Crippen LogP) is 4.08. The van der Waals surface area contributed by atoms with E-state index in [9.17, 15) is 0 Å². The number of ether oxygens (including phenoxy) is 1. The molecule has 0 fully saturated rings. The molecule has 2 rings (SSSR count). The lowest BCUT2D eigenvalue weighted by Gasteiger charge is -2.20. The van der Waals surface area contributed by atoms with E-state index in [0.717, 1.165) is 16.9 Å². The first kappa shape index (κ1) is 15.7. The van der Waals surface area contributed by atoms with Gasteiger partial charge in [-0.25, -0.2) is 4.98 Å². The minimum absolute atomic E-state index is 0.547. The van der Waals surface area contributed by atoms with Crippen molar-refractivity contribution in [2.24, 2.45) is 0 Å². The minimum Gasteiger partial charge on any atom is -0.479 e.